The van der Waals surface area contributed by atoms with E-state index in [9.17, 15) is 14.0 Å². The SMILES string of the molecule is Cc1ccc(C(=O)N2CCN(C(=O)C3CC34CCNCC4)CC2)cc1F. The van der Waals surface area contributed by atoms with Crippen LogP contribution in [-0.2, 0) is 4.79 Å². The zero-order valence-corrected chi connectivity index (χ0v) is 15.3. The predicted molar refractivity (Wildman–Crippen MR) is 96.3 cm³/mol. The molecule has 1 saturated carbocycles. The van der Waals surface area contributed by atoms with Crippen molar-refractivity contribution in [2.24, 2.45) is 11.3 Å². The van der Waals surface area contributed by atoms with Crippen LogP contribution in [-0.4, -0.2) is 60.9 Å². The highest BCUT2D eigenvalue weighted by atomic mass is 19.1. The Morgan fingerprint density at radius 3 is 2.42 bits per heavy atom. The van der Waals surface area contributed by atoms with Gasteiger partial charge in [-0.1, -0.05) is 6.07 Å². The summed E-state index contributed by atoms with van der Waals surface area (Å²) < 4.78 is 13.7. The first kappa shape index (κ1) is 17.5. The van der Waals surface area contributed by atoms with Gasteiger partial charge in [-0.25, -0.2) is 4.39 Å². The number of halogens is 1. The Labute approximate surface area is 153 Å². The Kier molecular flexibility index (Phi) is 4.47. The highest BCUT2D eigenvalue weighted by Crippen LogP contribution is 2.59. The molecule has 140 valence electrons. The second-order valence-corrected chi connectivity index (χ2v) is 7.95. The van der Waals surface area contributed by atoms with E-state index in [0.717, 1.165) is 32.4 Å². The fourth-order valence-corrected chi connectivity index (χ4v) is 4.43. The van der Waals surface area contributed by atoms with Crippen LogP contribution in [0.1, 0.15) is 35.2 Å². The van der Waals surface area contributed by atoms with Crippen molar-refractivity contribution < 1.29 is 14.0 Å². The number of hydrogen-bond donors (Lipinski definition) is 1. The number of piperazine rings is 1. The highest BCUT2D eigenvalue weighted by molar-refractivity contribution is 5.94. The summed E-state index contributed by atoms with van der Waals surface area (Å²) in [4.78, 5) is 29.0. The maximum Gasteiger partial charge on any atom is 0.254 e. The van der Waals surface area contributed by atoms with Gasteiger partial charge < -0.3 is 15.1 Å². The van der Waals surface area contributed by atoms with Crippen LogP contribution in [0, 0.1) is 24.1 Å². The summed E-state index contributed by atoms with van der Waals surface area (Å²) >= 11 is 0. The van der Waals surface area contributed by atoms with Gasteiger partial charge in [0, 0.05) is 37.7 Å². The molecule has 1 aromatic carbocycles. The number of benzene rings is 1. The lowest BCUT2D eigenvalue weighted by Crippen LogP contribution is -2.51. The van der Waals surface area contributed by atoms with Gasteiger partial charge in [-0.05, 0) is 62.4 Å². The lowest BCUT2D eigenvalue weighted by molar-refractivity contribution is -0.135. The highest BCUT2D eigenvalue weighted by Gasteiger charge is 2.58. The van der Waals surface area contributed by atoms with Crippen molar-refractivity contribution >= 4 is 11.8 Å². The summed E-state index contributed by atoms with van der Waals surface area (Å²) in [6.45, 7) is 5.88. The molecule has 2 amide bonds. The Balaban J connectivity index is 1.33. The van der Waals surface area contributed by atoms with E-state index in [-0.39, 0.29) is 29.0 Å². The van der Waals surface area contributed by atoms with Gasteiger partial charge in [0.05, 0.1) is 0 Å². The summed E-state index contributed by atoms with van der Waals surface area (Å²) in [6, 6.07) is 4.61. The minimum atomic E-state index is -0.356. The summed E-state index contributed by atoms with van der Waals surface area (Å²) in [7, 11) is 0. The number of nitrogens with zero attached hydrogens (tertiary/aromatic N) is 2. The van der Waals surface area contributed by atoms with Gasteiger partial charge >= 0.3 is 0 Å². The molecule has 2 saturated heterocycles. The molecule has 0 bridgehead atoms. The van der Waals surface area contributed by atoms with E-state index in [1.54, 1.807) is 24.0 Å². The Morgan fingerprint density at radius 1 is 1.12 bits per heavy atom. The van der Waals surface area contributed by atoms with E-state index < -0.39 is 0 Å². The number of aryl methyl sites for hydroxylation is 1. The van der Waals surface area contributed by atoms with Crippen molar-refractivity contribution in [2.45, 2.75) is 26.2 Å². The van der Waals surface area contributed by atoms with Crippen LogP contribution in [0.15, 0.2) is 18.2 Å². The number of carbonyl (C=O) groups is 2. The van der Waals surface area contributed by atoms with Crippen molar-refractivity contribution in [3.05, 3.63) is 35.1 Å². The third-order valence-corrected chi connectivity index (χ3v) is 6.38. The Morgan fingerprint density at radius 2 is 1.77 bits per heavy atom. The van der Waals surface area contributed by atoms with Gasteiger partial charge in [0.1, 0.15) is 5.82 Å². The van der Waals surface area contributed by atoms with E-state index in [4.69, 9.17) is 0 Å². The predicted octanol–water partition coefficient (Wildman–Crippen LogP) is 1.81. The largest absolute Gasteiger partial charge is 0.339 e. The van der Waals surface area contributed by atoms with E-state index in [0.29, 0.717) is 37.3 Å². The smallest absolute Gasteiger partial charge is 0.254 e. The molecule has 26 heavy (non-hydrogen) atoms. The minimum Gasteiger partial charge on any atom is -0.339 e. The van der Waals surface area contributed by atoms with Crippen LogP contribution in [0.2, 0.25) is 0 Å². The van der Waals surface area contributed by atoms with Crippen LogP contribution in [0.25, 0.3) is 0 Å². The van der Waals surface area contributed by atoms with Crippen LogP contribution in [0.3, 0.4) is 0 Å². The quantitative estimate of drug-likeness (QED) is 0.876. The van der Waals surface area contributed by atoms with E-state index in [1.165, 1.54) is 6.07 Å². The third kappa shape index (κ3) is 3.11. The molecule has 6 heteroatoms. The minimum absolute atomic E-state index is 0.155. The van der Waals surface area contributed by atoms with Gasteiger partial charge in [-0.2, -0.15) is 0 Å². The maximum absolute atomic E-state index is 13.7. The average molecular weight is 359 g/mol. The molecule has 1 N–H and O–H groups in total. The summed E-state index contributed by atoms with van der Waals surface area (Å²) in [5.41, 5.74) is 1.16. The van der Waals surface area contributed by atoms with Crippen molar-refractivity contribution in [1.82, 2.24) is 15.1 Å². The van der Waals surface area contributed by atoms with Gasteiger partial charge in [-0.3, -0.25) is 9.59 Å². The fourth-order valence-electron chi connectivity index (χ4n) is 4.43. The van der Waals surface area contributed by atoms with Gasteiger partial charge in [0.2, 0.25) is 5.91 Å². The number of hydrogen-bond acceptors (Lipinski definition) is 3. The molecule has 1 aromatic rings. The first-order valence-corrected chi connectivity index (χ1v) is 9.55. The van der Waals surface area contributed by atoms with Crippen molar-refractivity contribution in [3.8, 4) is 0 Å². The zero-order chi connectivity index (χ0) is 18.3. The van der Waals surface area contributed by atoms with Crippen LogP contribution in [0.5, 0.6) is 0 Å². The number of nitrogens with one attached hydrogen (secondary N) is 1. The van der Waals surface area contributed by atoms with Crippen LogP contribution < -0.4 is 5.32 Å². The third-order valence-electron chi connectivity index (χ3n) is 6.38. The zero-order valence-electron chi connectivity index (χ0n) is 15.3. The van der Waals surface area contributed by atoms with Crippen molar-refractivity contribution in [3.63, 3.8) is 0 Å². The van der Waals surface area contributed by atoms with Crippen LogP contribution >= 0.6 is 0 Å². The van der Waals surface area contributed by atoms with Gasteiger partial charge in [0.15, 0.2) is 0 Å². The second kappa shape index (κ2) is 6.65. The van der Waals surface area contributed by atoms with Crippen LogP contribution in [0.4, 0.5) is 4.39 Å². The first-order chi connectivity index (χ1) is 12.5. The molecule has 1 unspecified atom stereocenters. The normalized spacial score (nSPS) is 24.6. The lowest BCUT2D eigenvalue weighted by atomic mass is 9.91. The van der Waals surface area contributed by atoms with E-state index in [2.05, 4.69) is 5.32 Å². The van der Waals surface area contributed by atoms with Crippen molar-refractivity contribution in [2.75, 3.05) is 39.3 Å². The molecule has 5 nitrogen and oxygen atoms in total. The molecule has 3 aliphatic rings. The Hall–Kier alpha value is -1.95. The molecule has 1 aliphatic carbocycles. The number of piperidine rings is 1. The summed E-state index contributed by atoms with van der Waals surface area (Å²) in [5.74, 6) is -0.0682. The van der Waals surface area contributed by atoms with Crippen molar-refractivity contribution in [1.29, 1.82) is 0 Å². The van der Waals surface area contributed by atoms with E-state index >= 15 is 0 Å². The van der Waals surface area contributed by atoms with Gasteiger partial charge in [0.25, 0.3) is 5.91 Å². The number of rotatable bonds is 2. The molecule has 1 spiro atoms. The van der Waals surface area contributed by atoms with E-state index in [1.807, 2.05) is 4.90 Å². The molecule has 1 atom stereocenters. The molecule has 0 radical (unpaired) electrons. The number of amides is 2. The fraction of sp³-hybridized carbons (Fsp3) is 0.600. The second-order valence-electron chi connectivity index (χ2n) is 7.95. The number of carbonyl (C=O) groups excluding carboxylic acids is 2. The monoisotopic (exact) mass is 359 g/mol. The molecule has 3 fully saturated rings. The summed E-state index contributed by atoms with van der Waals surface area (Å²) in [6.07, 6.45) is 3.22. The molecular weight excluding hydrogens is 333 g/mol. The summed E-state index contributed by atoms with van der Waals surface area (Å²) in [5, 5.41) is 3.36. The van der Waals surface area contributed by atoms with Gasteiger partial charge in [-0.15, -0.1) is 0 Å². The maximum atomic E-state index is 13.7. The average Bonchev–Trinajstić information content (AvgIpc) is 3.36. The molecule has 2 heterocycles. The lowest BCUT2D eigenvalue weighted by Gasteiger charge is -2.35. The first-order valence-electron chi connectivity index (χ1n) is 9.55. The molecule has 0 aromatic heterocycles. The Bertz CT molecular complexity index is 722. The topological polar surface area (TPSA) is 52.7 Å². The standard InChI is InChI=1S/C20H26FN3O2/c1-14-2-3-15(12-17(14)21)18(25)23-8-10-24(11-9-23)19(26)16-13-20(16)4-6-22-7-5-20/h2-3,12,16,22H,4-11,13H2,1H3. The molecular formula is C20H26FN3O2. The molecule has 2 aliphatic heterocycles. The molecule has 4 rings (SSSR count).